The topological polar surface area (TPSA) is 130 Å². The molecule has 0 bridgehead atoms. The number of carbonyl (C=O) groups is 3. The number of carbonyl (C=O) groups excluding carboxylic acids is 3. The predicted molar refractivity (Wildman–Crippen MR) is 137 cm³/mol. The van der Waals surface area contributed by atoms with Gasteiger partial charge in [0.2, 0.25) is 5.78 Å². The van der Waals surface area contributed by atoms with Gasteiger partial charge in [0.05, 0.1) is 30.5 Å². The van der Waals surface area contributed by atoms with Crippen LogP contribution in [0.25, 0.3) is 10.9 Å². The van der Waals surface area contributed by atoms with Gasteiger partial charge in [-0.15, -0.1) is 11.3 Å². The third-order valence-corrected chi connectivity index (χ3v) is 8.57. The maximum absolute atomic E-state index is 13.8. The maximum atomic E-state index is 13.8. The number of halogens is 1. The number of aromatic amines is 1. The number of hydrogen-bond donors (Lipinski definition) is 3. The molecule has 3 unspecified atom stereocenters. The summed E-state index contributed by atoms with van der Waals surface area (Å²) in [6.45, 7) is 1.63. The Bertz CT molecular complexity index is 1350. The third kappa shape index (κ3) is 4.54. The molecule has 1 aliphatic carbocycles. The van der Waals surface area contributed by atoms with Crippen LogP contribution in [-0.2, 0) is 22.5 Å². The molecule has 1 aromatic carbocycles. The first kappa shape index (κ1) is 24.9. The molecule has 36 heavy (non-hydrogen) atoms. The van der Waals surface area contributed by atoms with Crippen molar-refractivity contribution in [1.82, 2.24) is 20.2 Å². The molecule has 0 saturated heterocycles. The summed E-state index contributed by atoms with van der Waals surface area (Å²) in [4.78, 5) is 50.3. The zero-order chi connectivity index (χ0) is 25.6. The zero-order valence-electron chi connectivity index (χ0n) is 20.1. The molecule has 1 amide bonds. The molecule has 3 atom stereocenters. The van der Waals surface area contributed by atoms with Gasteiger partial charge in [0.15, 0.2) is 5.01 Å². The Morgan fingerprint density at radius 3 is 2.92 bits per heavy atom. The van der Waals surface area contributed by atoms with Crippen molar-refractivity contribution in [3.05, 3.63) is 50.6 Å². The minimum Gasteiger partial charge on any atom is -0.469 e. The van der Waals surface area contributed by atoms with E-state index in [9.17, 15) is 14.4 Å². The molecule has 9 nitrogen and oxygen atoms in total. The van der Waals surface area contributed by atoms with E-state index in [1.807, 2.05) is 7.05 Å². The third-order valence-electron chi connectivity index (χ3n) is 7.25. The summed E-state index contributed by atoms with van der Waals surface area (Å²) < 4.78 is 4.95. The van der Waals surface area contributed by atoms with Gasteiger partial charge >= 0.3 is 5.97 Å². The second-order valence-corrected chi connectivity index (χ2v) is 11.2. The number of H-pyrrole nitrogens is 1. The van der Waals surface area contributed by atoms with Gasteiger partial charge in [0, 0.05) is 40.3 Å². The van der Waals surface area contributed by atoms with Crippen LogP contribution in [0.2, 0.25) is 5.02 Å². The lowest BCUT2D eigenvalue weighted by Crippen LogP contribution is -2.66. The van der Waals surface area contributed by atoms with Gasteiger partial charge in [-0.1, -0.05) is 11.6 Å². The van der Waals surface area contributed by atoms with Gasteiger partial charge < -0.3 is 25.7 Å². The van der Waals surface area contributed by atoms with Crippen molar-refractivity contribution in [2.75, 3.05) is 20.7 Å². The lowest BCUT2D eigenvalue weighted by molar-refractivity contribution is -0.147. The van der Waals surface area contributed by atoms with Gasteiger partial charge in [-0.2, -0.15) is 0 Å². The Labute approximate surface area is 217 Å². The van der Waals surface area contributed by atoms with Crippen LogP contribution in [0.4, 0.5) is 0 Å². The molecule has 0 spiro atoms. The van der Waals surface area contributed by atoms with E-state index in [1.165, 1.54) is 18.4 Å². The van der Waals surface area contributed by atoms with Crippen LogP contribution in [0.5, 0.6) is 0 Å². The minimum absolute atomic E-state index is 0.195. The summed E-state index contributed by atoms with van der Waals surface area (Å²) in [5, 5.41) is 4.64. The number of nitrogens with zero attached hydrogens (tertiary/aromatic N) is 2. The molecule has 4 N–H and O–H groups in total. The molecule has 190 valence electrons. The van der Waals surface area contributed by atoms with Crippen LogP contribution in [0.3, 0.4) is 0 Å². The number of nitrogens with two attached hydrogens (primary N) is 1. The lowest BCUT2D eigenvalue weighted by Gasteiger charge is -2.42. The Kier molecular flexibility index (Phi) is 6.63. The van der Waals surface area contributed by atoms with Crippen molar-refractivity contribution < 1.29 is 19.1 Å². The predicted octanol–water partition coefficient (Wildman–Crippen LogP) is 2.92. The second kappa shape index (κ2) is 9.59. The highest BCUT2D eigenvalue weighted by atomic mass is 35.5. The standard InChI is InChI=1S/C25H28ClN5O4S/c1-31-8-6-17-19(12-31)36-23(29-17)22(33)30-20-11-13(24(34)35-2)5-7-25(20,27)21(32)18-10-14-9-15(26)3-4-16(14)28-18/h3-4,9-10,13,20,28H,5-8,11-12,27H2,1-2H3,(H,30,33). The van der Waals surface area contributed by atoms with E-state index in [0.29, 0.717) is 22.1 Å². The minimum atomic E-state index is -1.41. The average molecular weight is 530 g/mol. The molecule has 0 radical (unpaired) electrons. The number of amides is 1. The van der Waals surface area contributed by atoms with Crippen LogP contribution >= 0.6 is 22.9 Å². The fourth-order valence-electron chi connectivity index (χ4n) is 5.16. The van der Waals surface area contributed by atoms with E-state index < -0.39 is 23.4 Å². The van der Waals surface area contributed by atoms with Gasteiger partial charge in [-0.3, -0.25) is 14.4 Å². The molecule has 11 heteroatoms. The van der Waals surface area contributed by atoms with E-state index in [4.69, 9.17) is 22.1 Å². The molecular weight excluding hydrogens is 502 g/mol. The van der Waals surface area contributed by atoms with Gasteiger partial charge in [0.25, 0.3) is 5.91 Å². The largest absolute Gasteiger partial charge is 0.469 e. The number of methoxy groups -OCH3 is 1. The number of fused-ring (bicyclic) bond motifs is 2. The maximum Gasteiger partial charge on any atom is 0.308 e. The number of ether oxygens (including phenoxy) is 1. The highest BCUT2D eigenvalue weighted by Gasteiger charge is 2.49. The number of thiazole rings is 1. The smallest absolute Gasteiger partial charge is 0.308 e. The fraction of sp³-hybridized carbons (Fsp3) is 0.440. The second-order valence-electron chi connectivity index (χ2n) is 9.68. The monoisotopic (exact) mass is 529 g/mol. The van der Waals surface area contributed by atoms with Gasteiger partial charge in [-0.05, 0) is 50.6 Å². The number of rotatable bonds is 5. The first-order valence-electron chi connectivity index (χ1n) is 11.9. The summed E-state index contributed by atoms with van der Waals surface area (Å²) >= 11 is 7.46. The number of benzene rings is 1. The first-order chi connectivity index (χ1) is 17.2. The summed E-state index contributed by atoms with van der Waals surface area (Å²) in [7, 11) is 3.36. The molecule has 1 saturated carbocycles. The normalized spacial score (nSPS) is 24.3. The van der Waals surface area contributed by atoms with Crippen LogP contribution < -0.4 is 11.1 Å². The van der Waals surface area contributed by atoms with Crippen LogP contribution in [0.1, 0.15) is 50.1 Å². The number of Topliss-reactive ketones (excluding diaryl/α,β-unsaturated/α-hetero) is 1. The molecule has 2 aromatic heterocycles. The van der Waals surface area contributed by atoms with Crippen LogP contribution in [0.15, 0.2) is 24.3 Å². The summed E-state index contributed by atoms with van der Waals surface area (Å²) in [6, 6.07) is 6.24. The Morgan fingerprint density at radius 1 is 1.33 bits per heavy atom. The summed E-state index contributed by atoms with van der Waals surface area (Å²) in [5.41, 5.74) is 7.40. The van der Waals surface area contributed by atoms with Gasteiger partial charge in [-0.25, -0.2) is 4.98 Å². The molecule has 2 aliphatic rings. The number of esters is 1. The molecule has 3 aromatic rings. The summed E-state index contributed by atoms with van der Waals surface area (Å²) in [5.74, 6) is -1.57. The highest BCUT2D eigenvalue weighted by Crippen LogP contribution is 2.35. The van der Waals surface area contributed by atoms with E-state index in [1.54, 1.807) is 24.3 Å². The zero-order valence-corrected chi connectivity index (χ0v) is 21.7. The Hall–Kier alpha value is -2.79. The van der Waals surface area contributed by atoms with E-state index in [-0.39, 0.29) is 24.6 Å². The van der Waals surface area contributed by atoms with Crippen LogP contribution in [0, 0.1) is 5.92 Å². The van der Waals surface area contributed by atoms with Crippen molar-refractivity contribution in [2.24, 2.45) is 11.7 Å². The summed E-state index contributed by atoms with van der Waals surface area (Å²) in [6.07, 6.45) is 1.57. The SMILES string of the molecule is COC(=O)C1CCC(N)(C(=O)c2cc3cc(Cl)ccc3[nH]2)C(NC(=O)c2nc3c(s2)CN(C)CC3)C1. The van der Waals surface area contributed by atoms with Crippen molar-refractivity contribution in [3.63, 3.8) is 0 Å². The van der Waals surface area contributed by atoms with Crippen molar-refractivity contribution in [2.45, 2.75) is 43.8 Å². The molecule has 1 fully saturated rings. The highest BCUT2D eigenvalue weighted by molar-refractivity contribution is 7.13. The molecule has 5 rings (SSSR count). The van der Waals surface area contributed by atoms with Crippen molar-refractivity contribution in [3.8, 4) is 0 Å². The van der Waals surface area contributed by atoms with E-state index in [2.05, 4.69) is 20.2 Å². The molecule has 1 aliphatic heterocycles. The number of nitrogens with one attached hydrogen (secondary N) is 2. The first-order valence-corrected chi connectivity index (χ1v) is 13.0. The Morgan fingerprint density at radius 2 is 2.14 bits per heavy atom. The van der Waals surface area contributed by atoms with Crippen LogP contribution in [-0.4, -0.2) is 64.8 Å². The van der Waals surface area contributed by atoms with Gasteiger partial charge in [0.1, 0.15) is 5.54 Å². The Balaban J connectivity index is 1.44. The van der Waals surface area contributed by atoms with E-state index >= 15 is 0 Å². The number of ketones is 1. The number of likely N-dealkylation sites (N-methyl/N-ethyl adjacent to an activating group) is 1. The fourth-order valence-corrected chi connectivity index (χ4v) is 6.43. The number of hydrogen-bond acceptors (Lipinski definition) is 8. The average Bonchev–Trinajstić information content (AvgIpc) is 3.47. The quantitative estimate of drug-likeness (QED) is 0.342. The van der Waals surface area contributed by atoms with E-state index in [0.717, 1.165) is 41.0 Å². The molecular formula is C25H28ClN5O4S. The molecule has 3 heterocycles. The lowest BCUT2D eigenvalue weighted by atomic mass is 9.70. The van der Waals surface area contributed by atoms with Crippen molar-refractivity contribution in [1.29, 1.82) is 0 Å². The number of aromatic nitrogens is 2. The van der Waals surface area contributed by atoms with Crippen molar-refractivity contribution >= 4 is 51.5 Å².